The Morgan fingerprint density at radius 3 is 2.56 bits per heavy atom. The number of unbranched alkanes of at least 4 members (excludes halogenated alkanes) is 1. The second kappa shape index (κ2) is 12.4. The van der Waals surface area contributed by atoms with Crippen molar-refractivity contribution in [1.82, 2.24) is 9.88 Å². The average molecular weight is 528 g/mol. The van der Waals surface area contributed by atoms with Crippen molar-refractivity contribution in [2.24, 2.45) is 5.92 Å². The van der Waals surface area contributed by atoms with Crippen molar-refractivity contribution in [3.63, 3.8) is 0 Å². The van der Waals surface area contributed by atoms with Crippen LogP contribution in [-0.2, 0) is 6.42 Å². The number of benzene rings is 2. The number of hydrogen-bond donors (Lipinski definition) is 0. The molecule has 0 N–H and O–H groups in total. The summed E-state index contributed by atoms with van der Waals surface area (Å²) < 4.78 is 5.84. The van der Waals surface area contributed by atoms with Crippen molar-refractivity contribution in [2.45, 2.75) is 85.1 Å². The number of amides is 1. The van der Waals surface area contributed by atoms with Crippen LogP contribution < -0.4 is 9.64 Å². The summed E-state index contributed by atoms with van der Waals surface area (Å²) in [4.78, 5) is 24.0. The standard InChI is InChI=1S/C32H39N3O2.C2H6/c1-3-4-15-35(26-7-5-6-8-26)32(36)28-20-31(34-16-13-22(2)21-34)33-29-12-11-24(18-27(28)29)25-10-9-23-14-17-37-30(23)19-25;1-2/h9-12,18-20,22,26H,3-8,13-17,21H2,1-2H3;1-2H3. The highest BCUT2D eigenvalue weighted by atomic mass is 16.5. The minimum absolute atomic E-state index is 0.177. The summed E-state index contributed by atoms with van der Waals surface area (Å²) in [7, 11) is 0. The molecule has 1 aromatic heterocycles. The molecule has 3 aliphatic rings. The van der Waals surface area contributed by atoms with E-state index < -0.39 is 0 Å². The smallest absolute Gasteiger partial charge is 0.254 e. The Hall–Kier alpha value is -3.08. The number of hydrogen-bond acceptors (Lipinski definition) is 4. The normalized spacial score (nSPS) is 18.6. The minimum atomic E-state index is 0.177. The summed E-state index contributed by atoms with van der Waals surface area (Å²) in [5.74, 6) is 2.76. The second-order valence-electron chi connectivity index (χ2n) is 11.3. The first-order valence-electron chi connectivity index (χ1n) is 15.4. The Balaban J connectivity index is 0.00000151. The summed E-state index contributed by atoms with van der Waals surface area (Å²) in [5.41, 5.74) is 5.21. The van der Waals surface area contributed by atoms with Gasteiger partial charge in [0.2, 0.25) is 0 Å². The third-order valence-electron chi connectivity index (χ3n) is 8.58. The Morgan fingerprint density at radius 1 is 1.05 bits per heavy atom. The fourth-order valence-corrected chi connectivity index (χ4v) is 6.37. The van der Waals surface area contributed by atoms with Crippen LogP contribution in [0.2, 0.25) is 0 Å². The number of pyridine rings is 1. The molecule has 3 aromatic rings. The zero-order chi connectivity index (χ0) is 27.4. The lowest BCUT2D eigenvalue weighted by molar-refractivity contribution is 0.0680. The fraction of sp³-hybridized carbons (Fsp3) is 0.529. The van der Waals surface area contributed by atoms with E-state index >= 15 is 0 Å². The number of carbonyl (C=O) groups excluding carboxylic acids is 1. The maximum Gasteiger partial charge on any atom is 0.254 e. The summed E-state index contributed by atoms with van der Waals surface area (Å²) in [6.45, 7) is 12.1. The topological polar surface area (TPSA) is 45.7 Å². The number of rotatable bonds is 7. The predicted octanol–water partition coefficient (Wildman–Crippen LogP) is 7.89. The van der Waals surface area contributed by atoms with Gasteiger partial charge in [-0.3, -0.25) is 4.79 Å². The van der Waals surface area contributed by atoms with Gasteiger partial charge in [-0.15, -0.1) is 0 Å². The SMILES string of the molecule is CC.CCCCN(C(=O)c1cc(N2CCC(C)C2)nc2ccc(-c3ccc4c(c3)OCC4)cc12)C1CCCC1. The Morgan fingerprint density at radius 2 is 1.82 bits per heavy atom. The van der Waals surface area contributed by atoms with Gasteiger partial charge in [0.15, 0.2) is 0 Å². The highest BCUT2D eigenvalue weighted by molar-refractivity contribution is 6.08. The number of anilines is 1. The van der Waals surface area contributed by atoms with Crippen molar-refractivity contribution in [1.29, 1.82) is 0 Å². The van der Waals surface area contributed by atoms with Crippen molar-refractivity contribution in [3.8, 4) is 16.9 Å². The van der Waals surface area contributed by atoms with E-state index in [0.717, 1.165) is 97.5 Å². The predicted molar refractivity (Wildman–Crippen MR) is 162 cm³/mol. The van der Waals surface area contributed by atoms with Crippen molar-refractivity contribution in [2.75, 3.05) is 31.1 Å². The fourth-order valence-electron chi connectivity index (χ4n) is 6.37. The van der Waals surface area contributed by atoms with E-state index in [-0.39, 0.29) is 5.91 Å². The van der Waals surface area contributed by atoms with Crippen LogP contribution in [0.5, 0.6) is 5.75 Å². The molecular weight excluding hydrogens is 482 g/mol. The van der Waals surface area contributed by atoms with Crippen LogP contribution in [0.15, 0.2) is 42.5 Å². The molecule has 2 aliphatic heterocycles. The first kappa shape index (κ1) is 27.5. The lowest BCUT2D eigenvalue weighted by Crippen LogP contribution is -2.39. The van der Waals surface area contributed by atoms with Crippen LogP contribution in [0, 0.1) is 5.92 Å². The maximum atomic E-state index is 14.3. The molecular formula is C34H45N3O2. The van der Waals surface area contributed by atoms with Crippen LogP contribution in [0.4, 0.5) is 5.82 Å². The molecule has 1 saturated heterocycles. The monoisotopic (exact) mass is 527 g/mol. The molecule has 2 aromatic carbocycles. The van der Waals surface area contributed by atoms with Crippen molar-refractivity contribution in [3.05, 3.63) is 53.6 Å². The molecule has 1 saturated carbocycles. The van der Waals surface area contributed by atoms with Crippen LogP contribution >= 0.6 is 0 Å². The molecule has 0 spiro atoms. The van der Waals surface area contributed by atoms with Gasteiger partial charge in [-0.25, -0.2) is 4.98 Å². The van der Waals surface area contributed by atoms with Crippen molar-refractivity contribution >= 4 is 22.6 Å². The zero-order valence-electron chi connectivity index (χ0n) is 24.3. The first-order chi connectivity index (χ1) is 19.1. The summed E-state index contributed by atoms with van der Waals surface area (Å²) >= 11 is 0. The average Bonchev–Trinajstić information content (AvgIpc) is 3.75. The molecule has 1 amide bonds. The van der Waals surface area contributed by atoms with Gasteiger partial charge < -0.3 is 14.5 Å². The van der Waals surface area contributed by atoms with Gasteiger partial charge in [-0.1, -0.05) is 65.2 Å². The van der Waals surface area contributed by atoms with Gasteiger partial charge in [0, 0.05) is 37.5 Å². The molecule has 5 nitrogen and oxygen atoms in total. The molecule has 39 heavy (non-hydrogen) atoms. The second-order valence-corrected chi connectivity index (χ2v) is 11.3. The Bertz CT molecular complexity index is 1300. The van der Waals surface area contributed by atoms with E-state index in [2.05, 4.69) is 66.1 Å². The van der Waals surface area contributed by atoms with E-state index in [1.54, 1.807) is 0 Å². The molecule has 1 unspecified atom stereocenters. The number of aromatic nitrogens is 1. The molecule has 2 fully saturated rings. The summed E-state index contributed by atoms with van der Waals surface area (Å²) in [5, 5.41) is 0.958. The number of carbonyl (C=O) groups is 1. The lowest BCUT2D eigenvalue weighted by Gasteiger charge is -2.30. The third-order valence-corrected chi connectivity index (χ3v) is 8.58. The zero-order valence-corrected chi connectivity index (χ0v) is 24.3. The van der Waals surface area contributed by atoms with E-state index in [0.29, 0.717) is 12.0 Å². The van der Waals surface area contributed by atoms with Crippen LogP contribution in [0.1, 0.15) is 88.6 Å². The van der Waals surface area contributed by atoms with Gasteiger partial charge in [0.25, 0.3) is 5.91 Å². The van der Waals surface area contributed by atoms with E-state index in [1.165, 1.54) is 24.8 Å². The van der Waals surface area contributed by atoms with Crippen molar-refractivity contribution < 1.29 is 9.53 Å². The highest BCUT2D eigenvalue weighted by Crippen LogP contribution is 2.35. The van der Waals surface area contributed by atoms with E-state index in [4.69, 9.17) is 9.72 Å². The third kappa shape index (κ3) is 5.78. The summed E-state index contributed by atoms with van der Waals surface area (Å²) in [6.07, 6.45) is 8.97. The van der Waals surface area contributed by atoms with Gasteiger partial charge in [-0.05, 0) is 72.6 Å². The van der Waals surface area contributed by atoms with E-state index in [1.807, 2.05) is 13.8 Å². The summed E-state index contributed by atoms with van der Waals surface area (Å²) in [6, 6.07) is 15.4. The molecule has 5 heteroatoms. The van der Waals surface area contributed by atoms with Crippen LogP contribution in [0.25, 0.3) is 22.0 Å². The highest BCUT2D eigenvalue weighted by Gasteiger charge is 2.30. The van der Waals surface area contributed by atoms with Gasteiger partial charge in [0.1, 0.15) is 11.6 Å². The maximum absolute atomic E-state index is 14.3. The first-order valence-corrected chi connectivity index (χ1v) is 15.4. The molecule has 1 aliphatic carbocycles. The van der Waals surface area contributed by atoms with Crippen LogP contribution in [-0.4, -0.2) is 48.1 Å². The van der Waals surface area contributed by atoms with Gasteiger partial charge in [-0.2, -0.15) is 0 Å². The quantitative estimate of drug-likeness (QED) is 0.313. The number of ether oxygens (including phenoxy) is 1. The molecule has 3 heterocycles. The molecule has 1 atom stereocenters. The van der Waals surface area contributed by atoms with Gasteiger partial charge >= 0.3 is 0 Å². The lowest BCUT2D eigenvalue weighted by atomic mass is 9.98. The number of fused-ring (bicyclic) bond motifs is 2. The Kier molecular flexibility index (Phi) is 8.74. The minimum Gasteiger partial charge on any atom is -0.493 e. The van der Waals surface area contributed by atoms with Crippen LogP contribution in [0.3, 0.4) is 0 Å². The number of nitrogens with zero attached hydrogens (tertiary/aromatic N) is 3. The van der Waals surface area contributed by atoms with Gasteiger partial charge in [0.05, 0.1) is 17.7 Å². The molecule has 6 rings (SSSR count). The molecule has 0 radical (unpaired) electrons. The van der Waals surface area contributed by atoms with E-state index in [9.17, 15) is 4.79 Å². The largest absolute Gasteiger partial charge is 0.493 e. The molecule has 208 valence electrons. The Labute approximate surface area is 234 Å². The molecule has 0 bridgehead atoms.